The molecule has 0 saturated heterocycles. The van der Waals surface area contributed by atoms with Crippen molar-refractivity contribution in [1.82, 2.24) is 9.78 Å². The summed E-state index contributed by atoms with van der Waals surface area (Å²) in [5, 5.41) is 15.4. The molecule has 6 nitrogen and oxygen atoms in total. The van der Waals surface area contributed by atoms with E-state index in [1.54, 1.807) is 42.5 Å². The molecule has 0 radical (unpaired) electrons. The van der Waals surface area contributed by atoms with Crippen molar-refractivity contribution in [2.24, 2.45) is 0 Å². The number of halogens is 4. The molecule has 0 spiro atoms. The van der Waals surface area contributed by atoms with Crippen molar-refractivity contribution >= 4 is 40.0 Å². The molecule has 0 aliphatic carbocycles. The van der Waals surface area contributed by atoms with Crippen LogP contribution in [0.5, 0.6) is 0 Å². The molecule has 1 heterocycles. The summed E-state index contributed by atoms with van der Waals surface area (Å²) in [7, 11) is 0. The summed E-state index contributed by atoms with van der Waals surface area (Å²) in [4.78, 5) is 25.9. The standard InChI is InChI=1S/C25H14F3IN4O2/c26-25(27,28)23-20(29)21(33(32-23)19-11-4-6-15(12-19)14-30)24(35)31-18-10-5-9-17(13-18)22(34)16-7-2-1-3-8-16/h1-13H,(H,31,35). The average molecular weight is 586 g/mol. The molecule has 3 aromatic carbocycles. The number of anilines is 1. The maximum atomic E-state index is 13.6. The first-order chi connectivity index (χ1) is 16.7. The molecule has 0 bridgehead atoms. The first kappa shape index (κ1) is 24.2. The van der Waals surface area contributed by atoms with Crippen molar-refractivity contribution in [1.29, 1.82) is 5.26 Å². The largest absolute Gasteiger partial charge is 0.436 e. The topological polar surface area (TPSA) is 87.8 Å². The number of hydrogen-bond donors (Lipinski definition) is 1. The highest BCUT2D eigenvalue weighted by atomic mass is 127. The highest BCUT2D eigenvalue weighted by molar-refractivity contribution is 14.1. The molecule has 174 valence electrons. The Labute approximate surface area is 211 Å². The monoisotopic (exact) mass is 586 g/mol. The van der Waals surface area contributed by atoms with Crippen molar-refractivity contribution in [3.8, 4) is 11.8 Å². The third kappa shape index (κ3) is 5.09. The van der Waals surface area contributed by atoms with Crippen molar-refractivity contribution in [2.75, 3.05) is 5.32 Å². The van der Waals surface area contributed by atoms with E-state index in [9.17, 15) is 22.8 Å². The van der Waals surface area contributed by atoms with Crippen LogP contribution in [-0.2, 0) is 6.18 Å². The predicted molar refractivity (Wildman–Crippen MR) is 130 cm³/mol. The molecule has 0 saturated carbocycles. The summed E-state index contributed by atoms with van der Waals surface area (Å²) in [6, 6.07) is 22.3. The van der Waals surface area contributed by atoms with Crippen LogP contribution in [0.1, 0.15) is 37.7 Å². The normalized spacial score (nSPS) is 11.1. The van der Waals surface area contributed by atoms with Crippen LogP contribution >= 0.6 is 22.6 Å². The van der Waals surface area contributed by atoms with Crippen LogP contribution in [0.2, 0.25) is 0 Å². The second kappa shape index (κ2) is 9.71. The van der Waals surface area contributed by atoms with Crippen LogP contribution in [-0.4, -0.2) is 21.5 Å². The zero-order valence-electron chi connectivity index (χ0n) is 17.7. The smallest absolute Gasteiger partial charge is 0.321 e. The van der Waals surface area contributed by atoms with Gasteiger partial charge in [-0.25, -0.2) is 4.68 Å². The van der Waals surface area contributed by atoms with Crippen LogP contribution in [0.3, 0.4) is 0 Å². The van der Waals surface area contributed by atoms with Gasteiger partial charge in [-0.15, -0.1) is 0 Å². The summed E-state index contributed by atoms with van der Waals surface area (Å²) in [5.74, 6) is -1.13. The van der Waals surface area contributed by atoms with E-state index in [1.165, 1.54) is 59.0 Å². The fraction of sp³-hybridized carbons (Fsp3) is 0.0400. The van der Waals surface area contributed by atoms with Crippen LogP contribution in [0, 0.1) is 14.9 Å². The van der Waals surface area contributed by atoms with E-state index < -0.39 is 21.3 Å². The third-order valence-electron chi connectivity index (χ3n) is 4.95. The summed E-state index contributed by atoms with van der Waals surface area (Å²) in [6.07, 6.45) is -4.80. The van der Waals surface area contributed by atoms with Crippen molar-refractivity contribution in [2.45, 2.75) is 6.18 Å². The van der Waals surface area contributed by atoms with Crippen molar-refractivity contribution < 1.29 is 22.8 Å². The summed E-state index contributed by atoms with van der Waals surface area (Å²) in [5.41, 5.74) is -0.285. The molecule has 4 rings (SSSR count). The predicted octanol–water partition coefficient (Wildman–Crippen LogP) is 5.85. The number of rotatable bonds is 5. The van der Waals surface area contributed by atoms with Crippen molar-refractivity contribution in [3.63, 3.8) is 0 Å². The van der Waals surface area contributed by atoms with Crippen molar-refractivity contribution in [3.05, 3.63) is 111 Å². The van der Waals surface area contributed by atoms with E-state index >= 15 is 0 Å². The lowest BCUT2D eigenvalue weighted by atomic mass is 10.0. The Kier molecular flexibility index (Phi) is 6.70. The number of alkyl halides is 3. The van der Waals surface area contributed by atoms with E-state index in [4.69, 9.17) is 5.26 Å². The minimum absolute atomic E-state index is 0.121. The van der Waals surface area contributed by atoms with Gasteiger partial charge in [0, 0.05) is 16.8 Å². The van der Waals surface area contributed by atoms with Gasteiger partial charge < -0.3 is 5.32 Å². The Morgan fingerprint density at radius 1 is 0.943 bits per heavy atom. The number of aromatic nitrogens is 2. The maximum Gasteiger partial charge on any atom is 0.436 e. The molecule has 0 fully saturated rings. The lowest BCUT2D eigenvalue weighted by Crippen LogP contribution is -2.18. The maximum absolute atomic E-state index is 13.6. The lowest BCUT2D eigenvalue weighted by molar-refractivity contribution is -0.142. The SMILES string of the molecule is N#Cc1cccc(-n2nc(C(F)(F)F)c(I)c2C(=O)Nc2cccc(C(=O)c3ccccc3)c2)c1. The number of carbonyl (C=O) groups is 2. The minimum atomic E-state index is -4.80. The van der Waals surface area contributed by atoms with Gasteiger partial charge in [-0.2, -0.15) is 23.5 Å². The zero-order chi connectivity index (χ0) is 25.2. The molecule has 0 aliphatic rings. The van der Waals surface area contributed by atoms with E-state index in [1.807, 2.05) is 6.07 Å². The van der Waals surface area contributed by atoms with Gasteiger partial charge in [-0.3, -0.25) is 9.59 Å². The number of nitriles is 1. The number of ketones is 1. The van der Waals surface area contributed by atoms with Gasteiger partial charge in [0.2, 0.25) is 0 Å². The summed E-state index contributed by atoms with van der Waals surface area (Å²) < 4.78 is 41.2. The van der Waals surface area contributed by atoms with Gasteiger partial charge in [-0.1, -0.05) is 48.5 Å². The summed E-state index contributed by atoms with van der Waals surface area (Å²) >= 11 is 1.43. The number of nitrogens with one attached hydrogen (secondary N) is 1. The van der Waals surface area contributed by atoms with E-state index in [0.717, 1.165) is 4.68 Å². The molecule has 1 N–H and O–H groups in total. The van der Waals surface area contributed by atoms with Gasteiger partial charge in [0.15, 0.2) is 11.5 Å². The Morgan fingerprint density at radius 3 is 2.31 bits per heavy atom. The number of benzene rings is 3. The molecule has 0 unspecified atom stereocenters. The van der Waals surface area contributed by atoms with Gasteiger partial charge in [0.25, 0.3) is 5.91 Å². The van der Waals surface area contributed by atoms with Gasteiger partial charge in [-0.05, 0) is 52.9 Å². The fourth-order valence-electron chi connectivity index (χ4n) is 3.35. The fourth-order valence-corrected chi connectivity index (χ4v) is 4.24. The average Bonchev–Trinajstić information content (AvgIpc) is 3.22. The van der Waals surface area contributed by atoms with Gasteiger partial charge in [0.1, 0.15) is 5.69 Å². The van der Waals surface area contributed by atoms with Crippen LogP contribution in [0.25, 0.3) is 5.69 Å². The molecule has 10 heteroatoms. The first-order valence-corrected chi connectivity index (χ1v) is 11.1. The zero-order valence-corrected chi connectivity index (χ0v) is 19.8. The highest BCUT2D eigenvalue weighted by Crippen LogP contribution is 2.35. The molecule has 35 heavy (non-hydrogen) atoms. The molecular formula is C25H14F3IN4O2. The Morgan fingerprint density at radius 2 is 1.63 bits per heavy atom. The molecular weight excluding hydrogens is 572 g/mol. The lowest BCUT2D eigenvalue weighted by Gasteiger charge is -2.10. The number of nitrogens with zero attached hydrogens (tertiary/aromatic N) is 3. The first-order valence-electron chi connectivity index (χ1n) is 10.1. The second-order valence-electron chi connectivity index (χ2n) is 7.31. The van der Waals surface area contributed by atoms with E-state index in [0.29, 0.717) is 11.1 Å². The Bertz CT molecular complexity index is 1470. The quantitative estimate of drug-likeness (QED) is 0.235. The number of amides is 1. The van der Waals surface area contributed by atoms with Crippen LogP contribution in [0.15, 0.2) is 78.9 Å². The highest BCUT2D eigenvalue weighted by Gasteiger charge is 2.40. The number of carbonyl (C=O) groups excluding carboxylic acids is 2. The van der Waals surface area contributed by atoms with E-state index in [-0.39, 0.29) is 28.4 Å². The molecule has 1 aromatic heterocycles. The number of hydrogen-bond acceptors (Lipinski definition) is 4. The van der Waals surface area contributed by atoms with Gasteiger partial charge in [0.05, 0.1) is 20.9 Å². The molecule has 4 aromatic rings. The van der Waals surface area contributed by atoms with Crippen LogP contribution < -0.4 is 5.32 Å². The second-order valence-corrected chi connectivity index (χ2v) is 8.39. The van der Waals surface area contributed by atoms with Gasteiger partial charge >= 0.3 is 6.18 Å². The molecule has 1 amide bonds. The molecule has 0 aliphatic heterocycles. The third-order valence-corrected chi connectivity index (χ3v) is 5.97. The van der Waals surface area contributed by atoms with Crippen LogP contribution in [0.4, 0.5) is 18.9 Å². The summed E-state index contributed by atoms with van der Waals surface area (Å²) in [6.45, 7) is 0. The minimum Gasteiger partial charge on any atom is -0.321 e. The molecule has 0 atom stereocenters. The Hall–Kier alpha value is -3.98. The Balaban J connectivity index is 1.73. The van der Waals surface area contributed by atoms with E-state index in [2.05, 4.69) is 10.4 Å².